The summed E-state index contributed by atoms with van der Waals surface area (Å²) in [6, 6.07) is 17.6. The molecule has 0 amide bonds. The number of anilines is 1. The molecule has 1 N–H and O–H groups in total. The zero-order valence-electron chi connectivity index (χ0n) is 14.2. The second kappa shape index (κ2) is 7.06. The third kappa shape index (κ3) is 3.21. The molecule has 0 saturated heterocycles. The molecule has 0 atom stereocenters. The summed E-state index contributed by atoms with van der Waals surface area (Å²) in [6.07, 6.45) is 3.61. The summed E-state index contributed by atoms with van der Waals surface area (Å²) in [7, 11) is 1.66. The van der Waals surface area contributed by atoms with Gasteiger partial charge in [0.25, 0.3) is 0 Å². The lowest BCUT2D eigenvalue weighted by molar-refractivity contribution is 0.414. The average Bonchev–Trinajstić information content (AvgIpc) is 3.12. The number of nitrogens with one attached hydrogen (secondary N) is 1. The Kier molecular flexibility index (Phi) is 4.46. The number of benzene rings is 2. The summed E-state index contributed by atoms with van der Waals surface area (Å²) in [4.78, 5) is 4.49. The molecular formula is C20H17ClN4O. The van der Waals surface area contributed by atoms with Crippen LogP contribution in [0.15, 0.2) is 67.0 Å². The molecule has 130 valence electrons. The molecule has 0 radical (unpaired) electrons. The van der Waals surface area contributed by atoms with Crippen LogP contribution in [0.25, 0.3) is 16.8 Å². The van der Waals surface area contributed by atoms with Crippen molar-refractivity contribution in [1.29, 1.82) is 0 Å². The first-order chi connectivity index (χ1) is 12.7. The predicted octanol–water partition coefficient (Wildman–Crippen LogP) is 4.67. The highest BCUT2D eigenvalue weighted by Crippen LogP contribution is 2.26. The monoisotopic (exact) mass is 364 g/mol. The highest BCUT2D eigenvalue weighted by atomic mass is 35.5. The third-order valence-electron chi connectivity index (χ3n) is 4.19. The van der Waals surface area contributed by atoms with Crippen LogP contribution in [0.4, 0.5) is 5.82 Å². The lowest BCUT2D eigenvalue weighted by Crippen LogP contribution is -2.05. The summed E-state index contributed by atoms with van der Waals surface area (Å²) < 4.78 is 7.00. The van der Waals surface area contributed by atoms with E-state index in [0.717, 1.165) is 33.9 Å². The van der Waals surface area contributed by atoms with Gasteiger partial charge >= 0.3 is 0 Å². The Morgan fingerprint density at radius 2 is 1.81 bits per heavy atom. The quantitative estimate of drug-likeness (QED) is 0.559. The lowest BCUT2D eigenvalue weighted by Gasteiger charge is -2.09. The van der Waals surface area contributed by atoms with Crippen molar-refractivity contribution >= 4 is 23.1 Å². The van der Waals surface area contributed by atoms with Crippen LogP contribution in [0.3, 0.4) is 0 Å². The lowest BCUT2D eigenvalue weighted by atomic mass is 10.1. The number of aromatic nitrogens is 3. The van der Waals surface area contributed by atoms with E-state index in [9.17, 15) is 0 Å². The van der Waals surface area contributed by atoms with Crippen molar-refractivity contribution in [3.8, 4) is 16.9 Å². The van der Waals surface area contributed by atoms with Gasteiger partial charge in [0.2, 0.25) is 0 Å². The van der Waals surface area contributed by atoms with E-state index in [4.69, 9.17) is 16.3 Å². The highest BCUT2D eigenvalue weighted by Gasteiger charge is 2.10. The van der Waals surface area contributed by atoms with Gasteiger partial charge in [-0.05, 0) is 41.5 Å². The molecule has 0 spiro atoms. The van der Waals surface area contributed by atoms with Gasteiger partial charge in [-0.15, -0.1) is 0 Å². The fourth-order valence-electron chi connectivity index (χ4n) is 2.79. The van der Waals surface area contributed by atoms with Crippen LogP contribution in [0.5, 0.6) is 5.75 Å². The molecule has 2 heterocycles. The summed E-state index contributed by atoms with van der Waals surface area (Å²) in [5.74, 6) is 1.73. The zero-order chi connectivity index (χ0) is 17.9. The van der Waals surface area contributed by atoms with Crippen LogP contribution in [-0.2, 0) is 6.54 Å². The molecule has 5 nitrogen and oxygen atoms in total. The van der Waals surface area contributed by atoms with E-state index in [0.29, 0.717) is 11.6 Å². The normalized spacial score (nSPS) is 10.8. The van der Waals surface area contributed by atoms with Gasteiger partial charge in [-0.1, -0.05) is 35.9 Å². The first-order valence-electron chi connectivity index (χ1n) is 8.20. The van der Waals surface area contributed by atoms with Crippen molar-refractivity contribution in [3.05, 3.63) is 77.6 Å². The molecule has 26 heavy (non-hydrogen) atoms. The van der Waals surface area contributed by atoms with Crippen LogP contribution in [-0.4, -0.2) is 21.7 Å². The number of hydrogen-bond acceptors (Lipinski definition) is 4. The van der Waals surface area contributed by atoms with Crippen molar-refractivity contribution in [2.45, 2.75) is 6.54 Å². The number of rotatable bonds is 5. The second-order valence-electron chi connectivity index (χ2n) is 5.83. The van der Waals surface area contributed by atoms with E-state index in [1.54, 1.807) is 13.3 Å². The van der Waals surface area contributed by atoms with Crippen molar-refractivity contribution in [2.24, 2.45) is 0 Å². The minimum atomic E-state index is 0.680. The van der Waals surface area contributed by atoms with E-state index >= 15 is 0 Å². The molecule has 4 aromatic rings. The molecule has 4 rings (SSSR count). The minimum Gasteiger partial charge on any atom is -0.497 e. The number of ether oxygens (including phenoxy) is 1. The molecular weight excluding hydrogens is 348 g/mol. The molecule has 0 aliphatic rings. The maximum absolute atomic E-state index is 5.98. The van der Waals surface area contributed by atoms with Crippen LogP contribution < -0.4 is 10.1 Å². The summed E-state index contributed by atoms with van der Waals surface area (Å²) in [5.41, 5.74) is 3.95. The van der Waals surface area contributed by atoms with E-state index in [1.807, 2.05) is 65.3 Å². The number of methoxy groups -OCH3 is 1. The average molecular weight is 365 g/mol. The number of nitrogens with zero attached hydrogens (tertiary/aromatic N) is 3. The smallest absolute Gasteiger partial charge is 0.165 e. The van der Waals surface area contributed by atoms with Gasteiger partial charge in [0.15, 0.2) is 5.65 Å². The van der Waals surface area contributed by atoms with Gasteiger partial charge in [-0.3, -0.25) is 0 Å². The Balaban J connectivity index is 1.61. The second-order valence-corrected chi connectivity index (χ2v) is 6.27. The van der Waals surface area contributed by atoms with E-state index in [1.165, 1.54) is 0 Å². The highest BCUT2D eigenvalue weighted by molar-refractivity contribution is 6.30. The Bertz CT molecular complexity index is 1030. The Labute approximate surface area is 156 Å². The first-order valence-corrected chi connectivity index (χ1v) is 8.58. The van der Waals surface area contributed by atoms with Crippen molar-refractivity contribution in [2.75, 3.05) is 12.4 Å². The van der Waals surface area contributed by atoms with Crippen LogP contribution in [0.2, 0.25) is 5.02 Å². The number of fused-ring (bicyclic) bond motifs is 1. The van der Waals surface area contributed by atoms with Gasteiger partial charge in [-0.2, -0.15) is 9.61 Å². The number of halogens is 1. The molecule has 0 bridgehead atoms. The van der Waals surface area contributed by atoms with Gasteiger partial charge in [0.05, 0.1) is 13.3 Å². The zero-order valence-corrected chi connectivity index (χ0v) is 14.9. The fraction of sp³-hybridized carbons (Fsp3) is 0.100. The molecule has 0 saturated carbocycles. The standard InChI is InChI=1S/C20H17ClN4O/c1-26-17-8-2-14(3-9-17)12-23-19-10-11-22-20-18(13-24-25(19)20)15-4-6-16(21)7-5-15/h2-11,13,23H,12H2,1H3. The van der Waals surface area contributed by atoms with Gasteiger partial charge < -0.3 is 10.1 Å². The summed E-state index contributed by atoms with van der Waals surface area (Å²) in [5, 5.41) is 8.62. The maximum Gasteiger partial charge on any atom is 0.165 e. The molecule has 0 unspecified atom stereocenters. The molecule has 0 aliphatic carbocycles. The van der Waals surface area contributed by atoms with Crippen molar-refractivity contribution in [1.82, 2.24) is 14.6 Å². The van der Waals surface area contributed by atoms with Gasteiger partial charge in [0.1, 0.15) is 11.6 Å². The SMILES string of the molecule is COc1ccc(CNc2ccnc3c(-c4ccc(Cl)cc4)cnn23)cc1. The summed E-state index contributed by atoms with van der Waals surface area (Å²) >= 11 is 5.98. The Hall–Kier alpha value is -3.05. The predicted molar refractivity (Wildman–Crippen MR) is 104 cm³/mol. The molecule has 2 aromatic heterocycles. The van der Waals surface area contributed by atoms with Crippen LogP contribution >= 0.6 is 11.6 Å². The van der Waals surface area contributed by atoms with Crippen LogP contribution in [0.1, 0.15) is 5.56 Å². The third-order valence-corrected chi connectivity index (χ3v) is 4.44. The molecule has 6 heteroatoms. The summed E-state index contributed by atoms with van der Waals surface area (Å²) in [6.45, 7) is 0.680. The van der Waals surface area contributed by atoms with Gasteiger partial charge in [0, 0.05) is 23.3 Å². The van der Waals surface area contributed by atoms with Crippen molar-refractivity contribution < 1.29 is 4.74 Å². The Morgan fingerprint density at radius 1 is 1.04 bits per heavy atom. The van der Waals surface area contributed by atoms with Crippen molar-refractivity contribution in [3.63, 3.8) is 0 Å². The van der Waals surface area contributed by atoms with E-state index < -0.39 is 0 Å². The first kappa shape index (κ1) is 16.4. The molecule has 0 fully saturated rings. The topological polar surface area (TPSA) is 51.5 Å². The minimum absolute atomic E-state index is 0.680. The molecule has 2 aromatic carbocycles. The van der Waals surface area contributed by atoms with E-state index in [2.05, 4.69) is 15.4 Å². The van der Waals surface area contributed by atoms with E-state index in [-0.39, 0.29) is 0 Å². The fourth-order valence-corrected chi connectivity index (χ4v) is 2.92. The van der Waals surface area contributed by atoms with Gasteiger partial charge in [-0.25, -0.2) is 4.98 Å². The largest absolute Gasteiger partial charge is 0.497 e. The Morgan fingerprint density at radius 3 is 2.54 bits per heavy atom. The molecule has 0 aliphatic heterocycles. The number of hydrogen-bond donors (Lipinski definition) is 1. The maximum atomic E-state index is 5.98. The van der Waals surface area contributed by atoms with Crippen LogP contribution in [0, 0.1) is 0 Å².